The molecule has 2 N–H and O–H groups in total. The third-order valence-electron chi connectivity index (χ3n) is 2.77. The lowest BCUT2D eigenvalue weighted by Crippen LogP contribution is -2.65. The van der Waals surface area contributed by atoms with Gasteiger partial charge < -0.3 is 25.0 Å². The molecule has 19 heavy (non-hydrogen) atoms. The fraction of sp³-hybridized carbons (Fsp3) is 0.727. The van der Waals surface area contributed by atoms with E-state index < -0.39 is 11.6 Å². The quantitative estimate of drug-likeness (QED) is 0.666. The van der Waals surface area contributed by atoms with Crippen LogP contribution in [-0.2, 0) is 14.3 Å². The van der Waals surface area contributed by atoms with E-state index in [1.54, 1.807) is 21.0 Å². The molecule has 0 radical (unpaired) electrons. The molecule has 0 atom stereocenters. The number of hydrogen-bond acceptors (Lipinski definition) is 4. The molecular weight excluding hydrogens is 254 g/mol. The molecule has 1 saturated heterocycles. The highest BCUT2D eigenvalue weighted by Gasteiger charge is 2.42. The van der Waals surface area contributed by atoms with E-state index in [0.717, 1.165) is 0 Å². The highest BCUT2D eigenvalue weighted by molar-refractivity contribution is 5.84. The molecule has 8 nitrogen and oxygen atoms in total. The summed E-state index contributed by atoms with van der Waals surface area (Å²) in [5.74, 6) is -1.24. The van der Waals surface area contributed by atoms with E-state index in [2.05, 4.69) is 5.32 Å². The van der Waals surface area contributed by atoms with Crippen LogP contribution in [0.25, 0.3) is 0 Å². The fourth-order valence-corrected chi connectivity index (χ4v) is 1.65. The summed E-state index contributed by atoms with van der Waals surface area (Å²) in [6.45, 7) is 1.91. The van der Waals surface area contributed by atoms with Crippen LogP contribution in [0.5, 0.6) is 0 Å². The Morgan fingerprint density at radius 2 is 1.95 bits per heavy atom. The molecule has 8 heteroatoms. The van der Waals surface area contributed by atoms with Crippen LogP contribution in [0.1, 0.15) is 6.92 Å². The minimum atomic E-state index is -1.04. The first-order chi connectivity index (χ1) is 8.73. The zero-order valence-electron chi connectivity index (χ0n) is 11.3. The van der Waals surface area contributed by atoms with E-state index >= 15 is 0 Å². The van der Waals surface area contributed by atoms with Crippen molar-refractivity contribution in [1.82, 2.24) is 15.1 Å². The van der Waals surface area contributed by atoms with Gasteiger partial charge in [-0.3, -0.25) is 4.79 Å². The predicted octanol–water partition coefficient (Wildman–Crippen LogP) is -1.04. The van der Waals surface area contributed by atoms with Gasteiger partial charge in [-0.2, -0.15) is 0 Å². The molecule has 0 aromatic carbocycles. The largest absolute Gasteiger partial charge is 0.480 e. The Morgan fingerprint density at radius 1 is 1.37 bits per heavy atom. The topological polar surface area (TPSA) is 99.2 Å². The van der Waals surface area contributed by atoms with E-state index in [0.29, 0.717) is 13.1 Å². The summed E-state index contributed by atoms with van der Waals surface area (Å²) in [6.07, 6.45) is 0. The number of carboxylic acid groups (broad SMARTS) is 1. The van der Waals surface area contributed by atoms with Crippen LogP contribution in [0.15, 0.2) is 0 Å². The number of ether oxygens (including phenoxy) is 1. The van der Waals surface area contributed by atoms with Gasteiger partial charge in [0.2, 0.25) is 5.91 Å². The van der Waals surface area contributed by atoms with Crippen LogP contribution in [0, 0.1) is 0 Å². The number of amides is 3. The SMILES string of the molecule is CN(C)C(=O)CNC(=O)N1CC(C)(OCC(=O)O)C1. The predicted molar refractivity (Wildman–Crippen MR) is 65.7 cm³/mol. The van der Waals surface area contributed by atoms with Crippen molar-refractivity contribution in [2.45, 2.75) is 12.5 Å². The molecule has 108 valence electrons. The average molecular weight is 273 g/mol. The molecule has 1 heterocycles. The van der Waals surface area contributed by atoms with Gasteiger partial charge in [0.1, 0.15) is 12.2 Å². The van der Waals surface area contributed by atoms with Crippen molar-refractivity contribution in [3.8, 4) is 0 Å². The van der Waals surface area contributed by atoms with E-state index in [4.69, 9.17) is 9.84 Å². The van der Waals surface area contributed by atoms with Gasteiger partial charge in [-0.15, -0.1) is 0 Å². The third-order valence-corrected chi connectivity index (χ3v) is 2.77. The second kappa shape index (κ2) is 5.87. The number of nitrogens with one attached hydrogen (secondary N) is 1. The van der Waals surface area contributed by atoms with E-state index in [9.17, 15) is 14.4 Å². The van der Waals surface area contributed by atoms with E-state index in [1.165, 1.54) is 9.80 Å². The molecule has 0 aliphatic carbocycles. The van der Waals surface area contributed by atoms with Gasteiger partial charge in [0.25, 0.3) is 0 Å². The summed E-state index contributed by atoms with van der Waals surface area (Å²) in [7, 11) is 3.21. The van der Waals surface area contributed by atoms with Crippen LogP contribution >= 0.6 is 0 Å². The molecule has 0 saturated carbocycles. The number of likely N-dealkylation sites (N-methyl/N-ethyl adjacent to an activating group) is 1. The summed E-state index contributed by atoms with van der Waals surface area (Å²) in [6, 6.07) is -0.355. The van der Waals surface area contributed by atoms with Crippen molar-refractivity contribution < 1.29 is 24.2 Å². The van der Waals surface area contributed by atoms with Crippen molar-refractivity contribution in [1.29, 1.82) is 0 Å². The highest BCUT2D eigenvalue weighted by atomic mass is 16.5. The zero-order chi connectivity index (χ0) is 14.6. The molecular formula is C11H19N3O5. The Kier molecular flexibility index (Phi) is 4.71. The van der Waals surface area contributed by atoms with Crippen LogP contribution < -0.4 is 5.32 Å². The van der Waals surface area contributed by atoms with Crippen molar-refractivity contribution in [3.05, 3.63) is 0 Å². The Balaban J connectivity index is 2.27. The summed E-state index contributed by atoms with van der Waals surface area (Å²) in [5, 5.41) is 11.0. The highest BCUT2D eigenvalue weighted by Crippen LogP contribution is 2.24. The lowest BCUT2D eigenvalue weighted by atomic mass is 9.97. The van der Waals surface area contributed by atoms with Crippen molar-refractivity contribution in [2.75, 3.05) is 40.3 Å². The van der Waals surface area contributed by atoms with Crippen LogP contribution in [0.3, 0.4) is 0 Å². The number of carbonyl (C=O) groups is 3. The molecule has 3 amide bonds. The minimum absolute atomic E-state index is 0.0605. The van der Waals surface area contributed by atoms with Crippen LogP contribution in [-0.4, -0.2) is 78.8 Å². The molecule has 0 unspecified atom stereocenters. The number of nitrogens with zero attached hydrogens (tertiary/aromatic N) is 2. The number of likely N-dealkylation sites (tertiary alicyclic amines) is 1. The van der Waals surface area contributed by atoms with Gasteiger partial charge >= 0.3 is 12.0 Å². The smallest absolute Gasteiger partial charge is 0.329 e. The van der Waals surface area contributed by atoms with Gasteiger partial charge in [0.15, 0.2) is 0 Å². The first kappa shape index (κ1) is 15.2. The minimum Gasteiger partial charge on any atom is -0.480 e. The summed E-state index contributed by atoms with van der Waals surface area (Å²) >= 11 is 0. The first-order valence-electron chi connectivity index (χ1n) is 5.82. The van der Waals surface area contributed by atoms with Gasteiger partial charge in [-0.05, 0) is 6.92 Å². The lowest BCUT2D eigenvalue weighted by molar-refractivity contribution is -0.159. The van der Waals surface area contributed by atoms with Gasteiger partial charge in [-0.1, -0.05) is 0 Å². The Morgan fingerprint density at radius 3 is 2.42 bits per heavy atom. The number of hydrogen-bond donors (Lipinski definition) is 2. The first-order valence-corrected chi connectivity index (χ1v) is 5.82. The molecule has 1 rings (SSSR count). The van der Waals surface area contributed by atoms with Crippen molar-refractivity contribution in [2.24, 2.45) is 0 Å². The van der Waals surface area contributed by atoms with Crippen molar-refractivity contribution >= 4 is 17.9 Å². The maximum Gasteiger partial charge on any atom is 0.329 e. The Bertz CT molecular complexity index is 377. The van der Waals surface area contributed by atoms with Gasteiger partial charge in [-0.25, -0.2) is 9.59 Å². The summed E-state index contributed by atoms with van der Waals surface area (Å²) < 4.78 is 5.17. The maximum absolute atomic E-state index is 11.7. The Labute approximate surface area is 111 Å². The zero-order valence-corrected chi connectivity index (χ0v) is 11.3. The number of carboxylic acids is 1. The molecule has 0 bridgehead atoms. The molecule has 1 aliphatic heterocycles. The van der Waals surface area contributed by atoms with Gasteiger partial charge in [0.05, 0.1) is 19.6 Å². The second-order valence-electron chi connectivity index (χ2n) is 4.94. The van der Waals surface area contributed by atoms with E-state index in [-0.39, 0.29) is 25.1 Å². The monoisotopic (exact) mass is 273 g/mol. The average Bonchev–Trinajstić information content (AvgIpc) is 2.29. The Hall–Kier alpha value is -1.83. The normalized spacial score (nSPS) is 16.5. The van der Waals surface area contributed by atoms with Gasteiger partial charge in [0, 0.05) is 14.1 Å². The molecule has 1 aliphatic rings. The second-order valence-corrected chi connectivity index (χ2v) is 4.94. The molecule has 0 aromatic rings. The third kappa shape index (κ3) is 4.40. The summed E-state index contributed by atoms with van der Waals surface area (Å²) in [4.78, 5) is 36.2. The lowest BCUT2D eigenvalue weighted by Gasteiger charge is -2.46. The van der Waals surface area contributed by atoms with E-state index in [1.807, 2.05) is 0 Å². The number of aliphatic carboxylic acids is 1. The molecule has 1 fully saturated rings. The molecule has 0 aromatic heterocycles. The van der Waals surface area contributed by atoms with Crippen molar-refractivity contribution in [3.63, 3.8) is 0 Å². The number of carbonyl (C=O) groups excluding carboxylic acids is 2. The standard InChI is InChI=1S/C11H19N3O5/c1-11(19-5-9(16)17)6-14(7-11)10(18)12-4-8(15)13(2)3/h4-7H2,1-3H3,(H,12,18)(H,16,17). The molecule has 0 spiro atoms. The maximum atomic E-state index is 11.7. The number of urea groups is 1. The van der Waals surface area contributed by atoms with Crippen LogP contribution in [0.2, 0.25) is 0 Å². The van der Waals surface area contributed by atoms with Crippen LogP contribution in [0.4, 0.5) is 4.79 Å². The summed E-state index contributed by atoms with van der Waals surface area (Å²) in [5.41, 5.74) is -0.624. The number of rotatable bonds is 5. The fourth-order valence-electron chi connectivity index (χ4n) is 1.65.